The monoisotopic (exact) mass is 365 g/mol. The van der Waals surface area contributed by atoms with Gasteiger partial charge in [-0.1, -0.05) is 30.3 Å². The summed E-state index contributed by atoms with van der Waals surface area (Å²) in [6.45, 7) is 0.117. The zero-order valence-corrected chi connectivity index (χ0v) is 14.8. The number of ketones is 1. The summed E-state index contributed by atoms with van der Waals surface area (Å²) in [5.41, 5.74) is 1.33. The molecule has 27 heavy (non-hydrogen) atoms. The zero-order chi connectivity index (χ0) is 19.1. The van der Waals surface area contributed by atoms with Gasteiger partial charge in [0, 0.05) is 24.0 Å². The topological polar surface area (TPSA) is 94.3 Å². The average Bonchev–Trinajstić information content (AvgIpc) is 3.20. The van der Waals surface area contributed by atoms with Crippen LogP contribution in [0.5, 0.6) is 5.75 Å². The van der Waals surface area contributed by atoms with Crippen LogP contribution in [0.1, 0.15) is 29.1 Å². The molecule has 138 valence electrons. The van der Waals surface area contributed by atoms with E-state index in [1.165, 1.54) is 7.11 Å². The molecule has 7 heteroatoms. The third kappa shape index (κ3) is 5.01. The predicted octanol–water partition coefficient (Wildman–Crippen LogP) is 3.02. The van der Waals surface area contributed by atoms with Gasteiger partial charge in [0.2, 0.25) is 17.7 Å². The summed E-state index contributed by atoms with van der Waals surface area (Å²) in [5, 5.41) is 10.6. The maximum atomic E-state index is 12.2. The summed E-state index contributed by atoms with van der Waals surface area (Å²) in [4.78, 5) is 24.1. The maximum Gasteiger partial charge on any atom is 0.247 e. The van der Waals surface area contributed by atoms with Crippen molar-refractivity contribution in [1.82, 2.24) is 15.5 Å². The average molecular weight is 365 g/mol. The van der Waals surface area contributed by atoms with Gasteiger partial charge >= 0.3 is 0 Å². The van der Waals surface area contributed by atoms with Crippen LogP contribution in [0.4, 0.5) is 0 Å². The molecule has 1 heterocycles. The number of nitrogens with one attached hydrogen (secondary N) is 1. The van der Waals surface area contributed by atoms with Crippen LogP contribution in [-0.4, -0.2) is 29.0 Å². The molecule has 0 aliphatic heterocycles. The molecule has 0 fully saturated rings. The number of rotatable bonds is 8. The van der Waals surface area contributed by atoms with E-state index in [2.05, 4.69) is 15.5 Å². The molecule has 1 aromatic heterocycles. The van der Waals surface area contributed by atoms with E-state index in [1.54, 1.807) is 24.3 Å². The molecule has 0 saturated carbocycles. The molecular formula is C20H19N3O4. The van der Waals surface area contributed by atoms with Crippen LogP contribution >= 0.6 is 0 Å². The quantitative estimate of drug-likeness (QED) is 0.617. The number of nitrogens with zero attached hydrogens (tertiary/aromatic N) is 2. The number of Topliss-reactive ketones (excluding diaryl/α,β-unsaturated/α-hetero) is 1. The fourth-order valence-corrected chi connectivity index (χ4v) is 2.45. The van der Waals surface area contributed by atoms with E-state index in [1.807, 2.05) is 30.3 Å². The van der Waals surface area contributed by atoms with E-state index in [0.29, 0.717) is 23.1 Å². The molecule has 1 amide bonds. The fourth-order valence-electron chi connectivity index (χ4n) is 2.45. The van der Waals surface area contributed by atoms with Crippen molar-refractivity contribution >= 4 is 11.7 Å². The number of benzene rings is 2. The Morgan fingerprint density at radius 3 is 2.63 bits per heavy atom. The van der Waals surface area contributed by atoms with Crippen molar-refractivity contribution in [3.63, 3.8) is 0 Å². The molecule has 0 saturated heterocycles. The highest BCUT2D eigenvalue weighted by Gasteiger charge is 2.12. The molecule has 0 atom stereocenters. The highest BCUT2D eigenvalue weighted by Crippen LogP contribution is 2.17. The van der Waals surface area contributed by atoms with E-state index in [4.69, 9.17) is 9.15 Å². The highest BCUT2D eigenvalue weighted by molar-refractivity contribution is 5.98. The number of amides is 1. The van der Waals surface area contributed by atoms with E-state index < -0.39 is 0 Å². The van der Waals surface area contributed by atoms with Crippen LogP contribution in [0.3, 0.4) is 0 Å². The number of carbonyl (C=O) groups excluding carboxylic acids is 2. The Bertz CT molecular complexity index is 922. The lowest BCUT2D eigenvalue weighted by molar-refractivity contribution is -0.121. The zero-order valence-electron chi connectivity index (χ0n) is 14.8. The van der Waals surface area contributed by atoms with Gasteiger partial charge in [-0.05, 0) is 24.3 Å². The Labute approximate surface area is 156 Å². The summed E-state index contributed by atoms with van der Waals surface area (Å²) in [7, 11) is 1.54. The summed E-state index contributed by atoms with van der Waals surface area (Å²) >= 11 is 0. The molecule has 7 nitrogen and oxygen atoms in total. The molecule has 0 unspecified atom stereocenters. The van der Waals surface area contributed by atoms with E-state index in [9.17, 15) is 9.59 Å². The van der Waals surface area contributed by atoms with Crippen molar-refractivity contribution in [2.45, 2.75) is 19.4 Å². The first-order valence-corrected chi connectivity index (χ1v) is 8.47. The highest BCUT2D eigenvalue weighted by atomic mass is 16.5. The largest absolute Gasteiger partial charge is 0.497 e. The Hall–Kier alpha value is -3.48. The second-order valence-corrected chi connectivity index (χ2v) is 5.80. The molecule has 1 N–H and O–H groups in total. The first-order chi connectivity index (χ1) is 13.2. The number of hydrogen-bond acceptors (Lipinski definition) is 6. The van der Waals surface area contributed by atoms with Crippen LogP contribution in [0.25, 0.3) is 11.5 Å². The van der Waals surface area contributed by atoms with Crippen molar-refractivity contribution in [2.75, 3.05) is 7.11 Å². The summed E-state index contributed by atoms with van der Waals surface area (Å²) in [6.07, 6.45) is 0.188. The fraction of sp³-hybridized carbons (Fsp3) is 0.200. The summed E-state index contributed by atoms with van der Waals surface area (Å²) in [6, 6.07) is 16.2. The maximum absolute atomic E-state index is 12.2. The molecule has 3 rings (SSSR count). The number of ether oxygens (including phenoxy) is 1. The van der Waals surface area contributed by atoms with E-state index >= 15 is 0 Å². The molecule has 3 aromatic rings. The van der Waals surface area contributed by atoms with Gasteiger partial charge in [-0.15, -0.1) is 10.2 Å². The smallest absolute Gasteiger partial charge is 0.247 e. The van der Waals surface area contributed by atoms with Crippen molar-refractivity contribution in [3.05, 3.63) is 66.1 Å². The van der Waals surface area contributed by atoms with Crippen LogP contribution in [0.15, 0.2) is 59.0 Å². The Morgan fingerprint density at radius 2 is 1.85 bits per heavy atom. The summed E-state index contributed by atoms with van der Waals surface area (Å²) < 4.78 is 10.6. The third-order valence-corrected chi connectivity index (χ3v) is 3.90. The Morgan fingerprint density at radius 1 is 1.04 bits per heavy atom. The van der Waals surface area contributed by atoms with Gasteiger partial charge in [0.15, 0.2) is 5.78 Å². The molecular weight excluding hydrogens is 346 g/mol. The summed E-state index contributed by atoms with van der Waals surface area (Å²) in [5.74, 6) is 0.934. The van der Waals surface area contributed by atoms with Crippen LogP contribution < -0.4 is 10.1 Å². The lowest BCUT2D eigenvalue weighted by Gasteiger charge is -2.04. The van der Waals surface area contributed by atoms with Gasteiger partial charge in [-0.25, -0.2) is 0 Å². The van der Waals surface area contributed by atoms with Crippen molar-refractivity contribution in [1.29, 1.82) is 0 Å². The molecule has 0 spiro atoms. The van der Waals surface area contributed by atoms with Gasteiger partial charge in [-0.3, -0.25) is 9.59 Å². The van der Waals surface area contributed by atoms with Gasteiger partial charge in [-0.2, -0.15) is 0 Å². The minimum absolute atomic E-state index is 0.0791. The third-order valence-electron chi connectivity index (χ3n) is 3.90. The lowest BCUT2D eigenvalue weighted by atomic mass is 10.1. The molecule has 0 aliphatic carbocycles. The molecule has 0 bridgehead atoms. The number of aromatic nitrogens is 2. The van der Waals surface area contributed by atoms with Crippen molar-refractivity contribution in [2.24, 2.45) is 0 Å². The van der Waals surface area contributed by atoms with Crippen molar-refractivity contribution < 1.29 is 18.7 Å². The van der Waals surface area contributed by atoms with Crippen LogP contribution in [0.2, 0.25) is 0 Å². The van der Waals surface area contributed by atoms with Crippen LogP contribution in [-0.2, 0) is 11.3 Å². The number of methoxy groups -OCH3 is 1. The minimum atomic E-state index is -0.259. The first kappa shape index (κ1) is 18.3. The molecule has 0 aliphatic rings. The van der Waals surface area contributed by atoms with E-state index in [-0.39, 0.29) is 31.1 Å². The minimum Gasteiger partial charge on any atom is -0.497 e. The van der Waals surface area contributed by atoms with Gasteiger partial charge in [0.25, 0.3) is 0 Å². The Kier molecular flexibility index (Phi) is 5.94. The standard InChI is InChI=1S/C20H19N3O4/c1-26-16-9-5-8-15(12-16)17(24)10-11-18(25)21-13-19-22-23-20(27-19)14-6-3-2-4-7-14/h2-9,12H,10-11,13H2,1H3,(H,21,25). The normalized spacial score (nSPS) is 10.4. The van der Waals surface area contributed by atoms with Gasteiger partial charge in [0.1, 0.15) is 5.75 Å². The van der Waals surface area contributed by atoms with E-state index in [0.717, 1.165) is 5.56 Å². The SMILES string of the molecule is COc1cccc(C(=O)CCC(=O)NCc2nnc(-c3ccccc3)o2)c1. The van der Waals surface area contributed by atoms with Crippen molar-refractivity contribution in [3.8, 4) is 17.2 Å². The second kappa shape index (κ2) is 8.75. The molecule has 2 aromatic carbocycles. The number of carbonyl (C=O) groups is 2. The Balaban J connectivity index is 1.47. The van der Waals surface area contributed by atoms with Gasteiger partial charge in [0.05, 0.1) is 13.7 Å². The predicted molar refractivity (Wildman–Crippen MR) is 98.1 cm³/mol. The lowest BCUT2D eigenvalue weighted by Crippen LogP contribution is -2.23. The second-order valence-electron chi connectivity index (χ2n) is 5.80. The van der Waals surface area contributed by atoms with Gasteiger partial charge < -0.3 is 14.5 Å². The first-order valence-electron chi connectivity index (χ1n) is 8.47. The molecule has 0 radical (unpaired) electrons. The number of hydrogen-bond donors (Lipinski definition) is 1. The van der Waals surface area contributed by atoms with Crippen LogP contribution in [0, 0.1) is 0 Å².